The van der Waals surface area contributed by atoms with Crippen LogP contribution in [0.4, 0.5) is 0 Å². The second-order valence-electron chi connectivity index (χ2n) is 5.85. The Kier molecular flexibility index (Phi) is 5.51. The Balaban J connectivity index is 1.80. The zero-order valence-electron chi connectivity index (χ0n) is 13.5. The molecule has 1 fully saturated rings. The fourth-order valence-electron chi connectivity index (χ4n) is 2.79. The van der Waals surface area contributed by atoms with Gasteiger partial charge in [0, 0.05) is 25.5 Å². The van der Waals surface area contributed by atoms with Crippen molar-refractivity contribution in [3.05, 3.63) is 59.7 Å². The summed E-state index contributed by atoms with van der Waals surface area (Å²) in [5, 5.41) is 9.26. The van der Waals surface area contributed by atoms with Crippen LogP contribution >= 0.6 is 0 Å². The van der Waals surface area contributed by atoms with E-state index in [0.717, 1.165) is 25.1 Å². The number of nitrogens with zero attached hydrogens (tertiary/aromatic N) is 3. The zero-order chi connectivity index (χ0) is 16.8. The largest absolute Gasteiger partial charge is 0.392 e. The van der Waals surface area contributed by atoms with Gasteiger partial charge in [-0.3, -0.25) is 14.8 Å². The van der Waals surface area contributed by atoms with Crippen molar-refractivity contribution in [2.75, 3.05) is 13.2 Å². The second kappa shape index (κ2) is 7.99. The molecule has 1 atom stereocenters. The molecule has 1 aliphatic heterocycles. The van der Waals surface area contributed by atoms with E-state index in [1.807, 2.05) is 18.2 Å². The highest BCUT2D eigenvalue weighted by molar-refractivity contribution is 5.92. The number of hydrogen-bond acceptors (Lipinski definition) is 5. The van der Waals surface area contributed by atoms with E-state index in [0.29, 0.717) is 24.3 Å². The summed E-state index contributed by atoms with van der Waals surface area (Å²) in [6.45, 7) is 1.55. The van der Waals surface area contributed by atoms with Crippen LogP contribution in [0.25, 0.3) is 0 Å². The molecule has 24 heavy (non-hydrogen) atoms. The minimum atomic E-state index is -0.175. The van der Waals surface area contributed by atoms with Crippen LogP contribution in [0.3, 0.4) is 0 Å². The Morgan fingerprint density at radius 1 is 1.29 bits per heavy atom. The predicted molar refractivity (Wildman–Crippen MR) is 88.1 cm³/mol. The number of ether oxygens (including phenoxy) is 1. The van der Waals surface area contributed by atoms with Crippen LogP contribution < -0.4 is 0 Å². The number of amides is 1. The van der Waals surface area contributed by atoms with Crippen molar-refractivity contribution in [1.29, 1.82) is 0 Å². The maximum Gasteiger partial charge on any atom is 0.272 e. The molecule has 0 spiro atoms. The topological polar surface area (TPSA) is 75.5 Å². The average Bonchev–Trinajstić information content (AvgIpc) is 3.14. The molecule has 0 aliphatic carbocycles. The molecule has 3 heterocycles. The van der Waals surface area contributed by atoms with Gasteiger partial charge in [0.2, 0.25) is 0 Å². The number of aliphatic hydroxyl groups excluding tert-OH is 1. The van der Waals surface area contributed by atoms with Gasteiger partial charge in [-0.2, -0.15) is 0 Å². The molecule has 126 valence electrons. The number of aliphatic hydroxyl groups is 1. The summed E-state index contributed by atoms with van der Waals surface area (Å²) in [4.78, 5) is 23.1. The Hall–Kier alpha value is -2.31. The molecule has 0 unspecified atom stereocenters. The monoisotopic (exact) mass is 327 g/mol. The highest BCUT2D eigenvalue weighted by atomic mass is 16.5. The Bertz CT molecular complexity index is 672. The van der Waals surface area contributed by atoms with E-state index < -0.39 is 0 Å². The van der Waals surface area contributed by atoms with E-state index >= 15 is 0 Å². The third kappa shape index (κ3) is 4.15. The van der Waals surface area contributed by atoms with E-state index in [9.17, 15) is 9.90 Å². The Morgan fingerprint density at radius 3 is 2.92 bits per heavy atom. The van der Waals surface area contributed by atoms with Crippen LogP contribution in [0.2, 0.25) is 0 Å². The summed E-state index contributed by atoms with van der Waals surface area (Å²) in [5.41, 5.74) is 1.82. The zero-order valence-corrected chi connectivity index (χ0v) is 13.5. The van der Waals surface area contributed by atoms with Gasteiger partial charge in [-0.25, -0.2) is 0 Å². The molecule has 1 aliphatic rings. The fraction of sp³-hybridized carbons (Fsp3) is 0.389. The van der Waals surface area contributed by atoms with Gasteiger partial charge in [-0.1, -0.05) is 6.07 Å². The van der Waals surface area contributed by atoms with Crippen LogP contribution in [-0.4, -0.2) is 45.1 Å². The number of hydrogen-bond donors (Lipinski definition) is 1. The average molecular weight is 327 g/mol. The highest BCUT2D eigenvalue weighted by Gasteiger charge is 2.24. The van der Waals surface area contributed by atoms with Crippen LogP contribution in [-0.2, 0) is 17.9 Å². The van der Waals surface area contributed by atoms with E-state index in [4.69, 9.17) is 4.74 Å². The van der Waals surface area contributed by atoms with Gasteiger partial charge in [0.25, 0.3) is 5.91 Å². The molecule has 1 amide bonds. The van der Waals surface area contributed by atoms with Crippen molar-refractivity contribution in [1.82, 2.24) is 14.9 Å². The fourth-order valence-corrected chi connectivity index (χ4v) is 2.79. The van der Waals surface area contributed by atoms with E-state index in [1.165, 1.54) is 0 Å². The van der Waals surface area contributed by atoms with Gasteiger partial charge in [0.15, 0.2) is 0 Å². The molecule has 0 saturated carbocycles. The molecule has 6 heteroatoms. The Labute approximate surface area is 141 Å². The lowest BCUT2D eigenvalue weighted by atomic mass is 10.2. The summed E-state index contributed by atoms with van der Waals surface area (Å²) < 4.78 is 5.68. The number of carbonyl (C=O) groups is 1. The lowest BCUT2D eigenvalue weighted by molar-refractivity contribution is 0.0500. The minimum absolute atomic E-state index is 0.0543. The van der Waals surface area contributed by atoms with Gasteiger partial charge < -0.3 is 14.7 Å². The van der Waals surface area contributed by atoms with Gasteiger partial charge >= 0.3 is 0 Å². The molecule has 1 saturated heterocycles. The highest BCUT2D eigenvalue weighted by Crippen LogP contribution is 2.16. The first-order valence-corrected chi connectivity index (χ1v) is 8.13. The van der Waals surface area contributed by atoms with Crippen LogP contribution in [0.15, 0.2) is 42.7 Å². The predicted octanol–water partition coefficient (Wildman–Crippen LogP) is 1.79. The van der Waals surface area contributed by atoms with Crippen molar-refractivity contribution in [2.24, 2.45) is 0 Å². The van der Waals surface area contributed by atoms with Gasteiger partial charge in [-0.05, 0) is 42.7 Å². The van der Waals surface area contributed by atoms with Crippen LogP contribution in [0.5, 0.6) is 0 Å². The molecule has 3 rings (SSSR count). The van der Waals surface area contributed by atoms with Crippen LogP contribution in [0, 0.1) is 0 Å². The number of aromatic nitrogens is 2. The molecule has 0 radical (unpaired) electrons. The summed E-state index contributed by atoms with van der Waals surface area (Å²) in [5.74, 6) is -0.175. The van der Waals surface area contributed by atoms with Crippen molar-refractivity contribution < 1.29 is 14.6 Å². The standard InChI is InChI=1S/C18H21N3O3/c22-13-14-6-8-20-17(10-14)18(23)21(12-16-5-3-9-24-16)11-15-4-1-2-7-19-15/h1-2,4,6-8,10,16,22H,3,5,9,11-13H2/t16-/m1/s1. The minimum Gasteiger partial charge on any atom is -0.392 e. The number of rotatable bonds is 6. The molecular formula is C18H21N3O3. The molecule has 6 nitrogen and oxygen atoms in total. The molecule has 0 aromatic carbocycles. The lowest BCUT2D eigenvalue weighted by Crippen LogP contribution is -2.37. The maximum absolute atomic E-state index is 12.9. The number of carbonyl (C=O) groups excluding carboxylic acids is 1. The second-order valence-corrected chi connectivity index (χ2v) is 5.85. The first kappa shape index (κ1) is 16.5. The van der Waals surface area contributed by atoms with Crippen LogP contribution in [0.1, 0.15) is 34.6 Å². The van der Waals surface area contributed by atoms with E-state index in [2.05, 4.69) is 9.97 Å². The molecule has 2 aromatic rings. The molecular weight excluding hydrogens is 306 g/mol. The smallest absolute Gasteiger partial charge is 0.272 e. The summed E-state index contributed by atoms with van der Waals surface area (Å²) in [6, 6.07) is 8.97. The number of pyridine rings is 2. The van der Waals surface area contributed by atoms with Crippen molar-refractivity contribution in [2.45, 2.75) is 32.1 Å². The van der Waals surface area contributed by atoms with Gasteiger partial charge in [0.05, 0.1) is 24.9 Å². The van der Waals surface area contributed by atoms with Crippen molar-refractivity contribution >= 4 is 5.91 Å². The third-order valence-corrected chi connectivity index (χ3v) is 4.04. The van der Waals surface area contributed by atoms with Crippen molar-refractivity contribution in [3.63, 3.8) is 0 Å². The summed E-state index contributed by atoms with van der Waals surface area (Å²) >= 11 is 0. The molecule has 0 bridgehead atoms. The first-order chi connectivity index (χ1) is 11.8. The summed E-state index contributed by atoms with van der Waals surface area (Å²) in [6.07, 6.45) is 5.29. The van der Waals surface area contributed by atoms with E-state index in [-0.39, 0.29) is 18.6 Å². The molecule has 2 aromatic heterocycles. The third-order valence-electron chi connectivity index (χ3n) is 4.04. The van der Waals surface area contributed by atoms with E-state index in [1.54, 1.807) is 29.4 Å². The molecule has 1 N–H and O–H groups in total. The SMILES string of the molecule is O=C(c1cc(CO)ccn1)N(Cc1ccccn1)C[C@H]1CCCO1. The van der Waals surface area contributed by atoms with Gasteiger partial charge in [-0.15, -0.1) is 0 Å². The quantitative estimate of drug-likeness (QED) is 0.875. The lowest BCUT2D eigenvalue weighted by Gasteiger charge is -2.25. The maximum atomic E-state index is 12.9. The van der Waals surface area contributed by atoms with Crippen molar-refractivity contribution in [3.8, 4) is 0 Å². The Morgan fingerprint density at radius 2 is 2.21 bits per heavy atom. The first-order valence-electron chi connectivity index (χ1n) is 8.13. The summed E-state index contributed by atoms with van der Waals surface area (Å²) in [7, 11) is 0. The van der Waals surface area contributed by atoms with Gasteiger partial charge in [0.1, 0.15) is 5.69 Å². The normalized spacial score (nSPS) is 17.0.